The molecule has 1 N–H and O–H groups in total. The maximum absolute atomic E-state index is 12.6. The number of carbonyl (C=O) groups excluding carboxylic acids is 3. The Balaban J connectivity index is 1.86. The summed E-state index contributed by atoms with van der Waals surface area (Å²) in [6, 6.07) is 6.74. The predicted molar refractivity (Wildman–Crippen MR) is 73.3 cm³/mol. The number of fused-ring (bicyclic) bond motifs is 1. The second kappa shape index (κ2) is 5.65. The third-order valence-electron chi connectivity index (χ3n) is 3.83. The molecule has 0 aliphatic carbocycles. The molecular weight excluding hydrogens is 272 g/mol. The first-order valence-electron chi connectivity index (χ1n) is 6.95. The third-order valence-corrected chi connectivity index (χ3v) is 3.83. The van der Waals surface area contributed by atoms with E-state index in [1.54, 1.807) is 18.2 Å². The van der Waals surface area contributed by atoms with Crippen molar-refractivity contribution in [1.29, 1.82) is 0 Å². The molecular formula is C15H16N2O4. The normalized spacial score (nSPS) is 23.1. The van der Waals surface area contributed by atoms with E-state index in [1.165, 1.54) is 4.90 Å². The van der Waals surface area contributed by atoms with Crippen LogP contribution in [0.2, 0.25) is 0 Å². The first kappa shape index (κ1) is 13.8. The molecule has 3 rings (SSSR count). The van der Waals surface area contributed by atoms with Gasteiger partial charge >= 0.3 is 0 Å². The molecule has 110 valence electrons. The number of ether oxygens (including phenoxy) is 1. The first-order valence-corrected chi connectivity index (χ1v) is 6.95. The van der Waals surface area contributed by atoms with Gasteiger partial charge in [-0.3, -0.25) is 19.3 Å². The van der Waals surface area contributed by atoms with Crippen LogP contribution in [0.5, 0.6) is 0 Å². The third kappa shape index (κ3) is 2.67. The molecule has 0 bridgehead atoms. The summed E-state index contributed by atoms with van der Waals surface area (Å²) >= 11 is 0. The Kier molecular flexibility index (Phi) is 3.70. The van der Waals surface area contributed by atoms with Crippen molar-refractivity contribution in [2.24, 2.45) is 0 Å². The van der Waals surface area contributed by atoms with E-state index >= 15 is 0 Å². The van der Waals surface area contributed by atoms with Gasteiger partial charge in [0.1, 0.15) is 6.73 Å². The average molecular weight is 288 g/mol. The Morgan fingerprint density at radius 1 is 1.19 bits per heavy atom. The number of imide groups is 1. The molecule has 2 heterocycles. The molecule has 0 spiro atoms. The van der Waals surface area contributed by atoms with Gasteiger partial charge in [-0.1, -0.05) is 18.2 Å². The summed E-state index contributed by atoms with van der Waals surface area (Å²) in [6.07, 6.45) is 0.919. The van der Waals surface area contributed by atoms with E-state index in [9.17, 15) is 14.4 Å². The zero-order valence-corrected chi connectivity index (χ0v) is 11.5. The van der Waals surface area contributed by atoms with Crippen molar-refractivity contribution in [1.82, 2.24) is 10.2 Å². The Hall–Kier alpha value is -2.21. The van der Waals surface area contributed by atoms with Crippen LogP contribution >= 0.6 is 0 Å². The Morgan fingerprint density at radius 2 is 2.00 bits per heavy atom. The van der Waals surface area contributed by atoms with Crippen molar-refractivity contribution < 1.29 is 19.1 Å². The van der Waals surface area contributed by atoms with Crippen LogP contribution in [0, 0.1) is 0 Å². The summed E-state index contributed by atoms with van der Waals surface area (Å²) in [6.45, 7) is 0.363. The molecule has 0 aromatic heterocycles. The number of carbonyl (C=O) groups is 3. The summed E-state index contributed by atoms with van der Waals surface area (Å²) in [5.41, 5.74) is 1.32. The molecule has 1 saturated heterocycles. The summed E-state index contributed by atoms with van der Waals surface area (Å²) in [5.74, 6) is -0.651. The van der Waals surface area contributed by atoms with Gasteiger partial charge in [0, 0.05) is 12.0 Å². The number of amides is 3. The molecule has 21 heavy (non-hydrogen) atoms. The van der Waals surface area contributed by atoms with Gasteiger partial charge in [0.15, 0.2) is 0 Å². The van der Waals surface area contributed by atoms with Gasteiger partial charge in [-0.05, 0) is 18.1 Å². The molecule has 1 fully saturated rings. The molecule has 3 amide bonds. The van der Waals surface area contributed by atoms with Crippen molar-refractivity contribution in [3.8, 4) is 0 Å². The first-order chi connectivity index (χ1) is 10.2. The number of nitrogens with zero attached hydrogens (tertiary/aromatic N) is 1. The predicted octanol–water partition coefficient (Wildman–Crippen LogP) is 0.464. The maximum atomic E-state index is 12.6. The van der Waals surface area contributed by atoms with Gasteiger partial charge < -0.3 is 10.1 Å². The highest BCUT2D eigenvalue weighted by Crippen LogP contribution is 2.23. The fourth-order valence-corrected chi connectivity index (χ4v) is 2.74. The van der Waals surface area contributed by atoms with E-state index in [-0.39, 0.29) is 49.9 Å². The van der Waals surface area contributed by atoms with Crippen LogP contribution in [0.4, 0.5) is 0 Å². The fourth-order valence-electron chi connectivity index (χ4n) is 2.74. The summed E-state index contributed by atoms with van der Waals surface area (Å²) in [7, 11) is 0. The van der Waals surface area contributed by atoms with E-state index in [2.05, 4.69) is 5.32 Å². The average Bonchev–Trinajstić information content (AvgIpc) is 2.45. The molecule has 1 unspecified atom stereocenters. The molecule has 2 aliphatic heterocycles. The lowest BCUT2D eigenvalue weighted by Crippen LogP contribution is -2.51. The molecule has 2 aliphatic rings. The molecule has 1 aromatic rings. The molecule has 0 saturated carbocycles. The number of hydrogen-bond acceptors (Lipinski definition) is 4. The SMILES string of the molecule is O=C1CCC(N2C(=O)Cc3ccccc3C2=O)COCN1. The van der Waals surface area contributed by atoms with Crippen LogP contribution in [0.25, 0.3) is 0 Å². The Morgan fingerprint density at radius 3 is 2.86 bits per heavy atom. The lowest BCUT2D eigenvalue weighted by atomic mass is 9.96. The fraction of sp³-hybridized carbons (Fsp3) is 0.400. The minimum Gasteiger partial charge on any atom is -0.359 e. The monoisotopic (exact) mass is 288 g/mol. The molecule has 1 aromatic carbocycles. The topological polar surface area (TPSA) is 75.7 Å². The smallest absolute Gasteiger partial charge is 0.261 e. The highest BCUT2D eigenvalue weighted by atomic mass is 16.5. The lowest BCUT2D eigenvalue weighted by Gasteiger charge is -2.34. The summed E-state index contributed by atoms with van der Waals surface area (Å²) in [4.78, 5) is 37.6. The Labute approximate surface area is 122 Å². The minimum absolute atomic E-state index is 0.113. The maximum Gasteiger partial charge on any atom is 0.261 e. The van der Waals surface area contributed by atoms with Crippen LogP contribution in [-0.2, 0) is 20.7 Å². The molecule has 0 radical (unpaired) electrons. The second-order valence-electron chi connectivity index (χ2n) is 5.21. The van der Waals surface area contributed by atoms with Gasteiger partial charge in [0.2, 0.25) is 11.8 Å². The van der Waals surface area contributed by atoms with Gasteiger partial charge in [-0.2, -0.15) is 0 Å². The van der Waals surface area contributed by atoms with Gasteiger partial charge in [-0.15, -0.1) is 0 Å². The summed E-state index contributed by atoms with van der Waals surface area (Å²) in [5, 5.41) is 2.60. The van der Waals surface area contributed by atoms with Crippen LogP contribution in [0.3, 0.4) is 0 Å². The molecule has 6 nitrogen and oxygen atoms in total. The number of rotatable bonds is 1. The largest absolute Gasteiger partial charge is 0.359 e. The van der Waals surface area contributed by atoms with Gasteiger partial charge in [0.05, 0.1) is 19.1 Å². The number of nitrogens with one attached hydrogen (secondary N) is 1. The van der Waals surface area contributed by atoms with Crippen molar-refractivity contribution in [2.75, 3.05) is 13.3 Å². The van der Waals surface area contributed by atoms with Crippen molar-refractivity contribution in [2.45, 2.75) is 25.3 Å². The zero-order valence-electron chi connectivity index (χ0n) is 11.5. The highest BCUT2D eigenvalue weighted by molar-refractivity contribution is 6.10. The number of hydrogen-bond donors (Lipinski definition) is 1. The second-order valence-corrected chi connectivity index (χ2v) is 5.21. The Bertz CT molecular complexity index is 599. The van der Waals surface area contributed by atoms with Crippen molar-refractivity contribution in [3.63, 3.8) is 0 Å². The number of benzene rings is 1. The van der Waals surface area contributed by atoms with E-state index in [4.69, 9.17) is 4.74 Å². The van der Waals surface area contributed by atoms with E-state index in [0.717, 1.165) is 5.56 Å². The summed E-state index contributed by atoms with van der Waals surface area (Å²) < 4.78 is 5.32. The van der Waals surface area contributed by atoms with Crippen LogP contribution in [0.15, 0.2) is 24.3 Å². The van der Waals surface area contributed by atoms with Gasteiger partial charge in [-0.25, -0.2) is 0 Å². The van der Waals surface area contributed by atoms with E-state index < -0.39 is 0 Å². The zero-order chi connectivity index (χ0) is 14.8. The van der Waals surface area contributed by atoms with Crippen molar-refractivity contribution in [3.05, 3.63) is 35.4 Å². The van der Waals surface area contributed by atoms with E-state index in [0.29, 0.717) is 12.0 Å². The molecule has 6 heteroatoms. The molecule has 1 atom stereocenters. The minimum atomic E-state index is -0.385. The highest BCUT2D eigenvalue weighted by Gasteiger charge is 2.36. The lowest BCUT2D eigenvalue weighted by molar-refractivity contribution is -0.134. The van der Waals surface area contributed by atoms with Gasteiger partial charge in [0.25, 0.3) is 5.91 Å². The van der Waals surface area contributed by atoms with E-state index in [1.807, 2.05) is 6.07 Å². The standard InChI is InChI=1S/C15H16N2O4/c18-13-6-5-11(8-21-9-16-13)17-14(19)7-10-3-1-2-4-12(10)15(17)20/h1-4,11H,5-9H2,(H,16,18). The quantitative estimate of drug-likeness (QED) is 0.762. The van der Waals surface area contributed by atoms with Crippen LogP contribution in [0.1, 0.15) is 28.8 Å². The van der Waals surface area contributed by atoms with Crippen molar-refractivity contribution >= 4 is 17.7 Å². The van der Waals surface area contributed by atoms with Crippen LogP contribution < -0.4 is 5.32 Å². The van der Waals surface area contributed by atoms with Crippen LogP contribution in [-0.4, -0.2) is 42.0 Å².